The van der Waals surface area contributed by atoms with E-state index >= 15 is 0 Å². The Labute approximate surface area is 156 Å². The summed E-state index contributed by atoms with van der Waals surface area (Å²) in [5.74, 6) is 0.00680. The maximum Gasteiger partial charge on any atom is 0.251 e. The third-order valence-corrected chi connectivity index (χ3v) is 4.99. The molecule has 1 aliphatic heterocycles. The highest BCUT2D eigenvalue weighted by Crippen LogP contribution is 2.16. The minimum atomic E-state index is 0.00680. The van der Waals surface area contributed by atoms with Crippen molar-refractivity contribution in [2.24, 2.45) is 0 Å². The van der Waals surface area contributed by atoms with Gasteiger partial charge in [0.05, 0.1) is 5.69 Å². The molecule has 4 nitrogen and oxygen atoms in total. The van der Waals surface area contributed by atoms with E-state index in [2.05, 4.69) is 15.2 Å². The zero-order chi connectivity index (χ0) is 18.0. The summed E-state index contributed by atoms with van der Waals surface area (Å²) < 4.78 is 0. The van der Waals surface area contributed by atoms with Crippen LogP contribution in [0.5, 0.6) is 0 Å². The minimum Gasteiger partial charge on any atom is -0.352 e. The normalized spacial score (nSPS) is 15.4. The molecule has 0 bridgehead atoms. The summed E-state index contributed by atoms with van der Waals surface area (Å²) in [6.45, 7) is 4.40. The van der Waals surface area contributed by atoms with Crippen LogP contribution in [0, 0.1) is 0 Å². The molecule has 1 N–H and O–H groups in total. The van der Waals surface area contributed by atoms with Crippen LogP contribution in [0.1, 0.15) is 48.9 Å². The van der Waals surface area contributed by atoms with Gasteiger partial charge in [-0.05, 0) is 69.6 Å². The second kappa shape index (κ2) is 10.1. The van der Waals surface area contributed by atoms with Gasteiger partial charge in [-0.25, -0.2) is 0 Å². The Morgan fingerprint density at radius 3 is 2.42 bits per heavy atom. The lowest BCUT2D eigenvalue weighted by atomic mass is 10.1. The molecule has 26 heavy (non-hydrogen) atoms. The predicted octanol–water partition coefficient (Wildman–Crippen LogP) is 4.13. The molecule has 0 unspecified atom stereocenters. The molecule has 1 aliphatic rings. The Hall–Kier alpha value is -2.20. The van der Waals surface area contributed by atoms with Crippen molar-refractivity contribution >= 4 is 5.91 Å². The van der Waals surface area contributed by atoms with Gasteiger partial charge < -0.3 is 10.2 Å². The van der Waals surface area contributed by atoms with Crippen molar-refractivity contribution in [1.29, 1.82) is 0 Å². The van der Waals surface area contributed by atoms with Crippen LogP contribution in [-0.2, 0) is 0 Å². The molecule has 0 radical (unpaired) electrons. The number of unbranched alkanes of at least 4 members (excludes halogenated alkanes) is 1. The number of pyridine rings is 1. The number of carbonyl (C=O) groups excluding carboxylic acids is 1. The van der Waals surface area contributed by atoms with E-state index in [1.807, 2.05) is 42.5 Å². The number of nitrogens with zero attached hydrogens (tertiary/aromatic N) is 2. The Morgan fingerprint density at radius 2 is 1.73 bits per heavy atom. The lowest BCUT2D eigenvalue weighted by Gasteiger charge is -2.19. The molecule has 0 atom stereocenters. The first-order valence-corrected chi connectivity index (χ1v) is 9.85. The summed E-state index contributed by atoms with van der Waals surface area (Å²) >= 11 is 0. The highest BCUT2D eigenvalue weighted by Gasteiger charge is 2.09. The first-order valence-electron chi connectivity index (χ1n) is 9.85. The number of nitrogens with one attached hydrogen (secondary N) is 1. The van der Waals surface area contributed by atoms with Crippen molar-refractivity contribution in [1.82, 2.24) is 15.2 Å². The summed E-state index contributed by atoms with van der Waals surface area (Å²) in [4.78, 5) is 19.2. The summed E-state index contributed by atoms with van der Waals surface area (Å²) in [7, 11) is 0. The van der Waals surface area contributed by atoms with Gasteiger partial charge in [-0.15, -0.1) is 0 Å². The van der Waals surface area contributed by atoms with Gasteiger partial charge in [-0.1, -0.05) is 31.0 Å². The fraction of sp³-hybridized carbons (Fsp3) is 0.455. The Morgan fingerprint density at radius 1 is 0.962 bits per heavy atom. The molecular weight excluding hydrogens is 322 g/mol. The third-order valence-electron chi connectivity index (χ3n) is 4.99. The van der Waals surface area contributed by atoms with Gasteiger partial charge in [0, 0.05) is 23.9 Å². The minimum absolute atomic E-state index is 0.00680. The average Bonchev–Trinajstić information content (AvgIpc) is 2.97. The van der Waals surface area contributed by atoms with Gasteiger partial charge in [0.1, 0.15) is 0 Å². The standard InChI is InChI=1S/C22H29N3O/c26-22(24-15-5-8-18-25-16-6-1-2-7-17-25)20-12-10-19(11-13-20)21-9-3-4-14-23-21/h3-4,9-14H,1-2,5-8,15-18H2,(H,24,26). The topological polar surface area (TPSA) is 45.2 Å². The zero-order valence-electron chi connectivity index (χ0n) is 15.5. The largest absolute Gasteiger partial charge is 0.352 e. The Balaban J connectivity index is 1.38. The summed E-state index contributed by atoms with van der Waals surface area (Å²) in [6.07, 6.45) is 9.41. The van der Waals surface area contributed by atoms with E-state index in [4.69, 9.17) is 0 Å². The van der Waals surface area contributed by atoms with Crippen LogP contribution in [0.15, 0.2) is 48.7 Å². The van der Waals surface area contributed by atoms with Gasteiger partial charge in [-0.3, -0.25) is 9.78 Å². The van der Waals surface area contributed by atoms with Crippen molar-refractivity contribution in [3.8, 4) is 11.3 Å². The smallest absolute Gasteiger partial charge is 0.251 e. The maximum absolute atomic E-state index is 12.3. The zero-order valence-corrected chi connectivity index (χ0v) is 15.5. The van der Waals surface area contributed by atoms with Gasteiger partial charge >= 0.3 is 0 Å². The molecule has 3 rings (SSSR count). The number of hydrogen-bond donors (Lipinski definition) is 1. The molecule has 0 spiro atoms. The third kappa shape index (κ3) is 5.67. The number of carbonyl (C=O) groups is 1. The maximum atomic E-state index is 12.3. The number of rotatable bonds is 7. The predicted molar refractivity (Wildman–Crippen MR) is 106 cm³/mol. The van der Waals surface area contributed by atoms with Crippen molar-refractivity contribution in [2.45, 2.75) is 38.5 Å². The van der Waals surface area contributed by atoms with Gasteiger partial charge in [0.15, 0.2) is 0 Å². The molecule has 2 aromatic rings. The second-order valence-electron chi connectivity index (χ2n) is 7.01. The quantitative estimate of drug-likeness (QED) is 0.763. The number of hydrogen-bond acceptors (Lipinski definition) is 3. The monoisotopic (exact) mass is 351 g/mol. The lowest BCUT2D eigenvalue weighted by molar-refractivity contribution is 0.0952. The molecule has 1 aromatic heterocycles. The van der Waals surface area contributed by atoms with E-state index in [1.54, 1.807) is 6.20 Å². The van der Waals surface area contributed by atoms with Crippen LogP contribution < -0.4 is 5.32 Å². The van der Waals surface area contributed by atoms with E-state index in [-0.39, 0.29) is 5.91 Å². The SMILES string of the molecule is O=C(NCCCCN1CCCCCC1)c1ccc(-c2ccccn2)cc1. The fourth-order valence-electron chi connectivity index (χ4n) is 3.45. The molecule has 1 fully saturated rings. The van der Waals surface area contributed by atoms with Gasteiger partial charge in [0.25, 0.3) is 5.91 Å². The highest BCUT2D eigenvalue weighted by atomic mass is 16.1. The number of amides is 1. The number of benzene rings is 1. The first kappa shape index (κ1) is 18.6. The summed E-state index contributed by atoms with van der Waals surface area (Å²) in [6, 6.07) is 13.5. The molecule has 138 valence electrons. The molecule has 1 amide bonds. The van der Waals surface area contributed by atoms with Crippen LogP contribution in [0.2, 0.25) is 0 Å². The van der Waals surface area contributed by atoms with Gasteiger partial charge in [-0.2, -0.15) is 0 Å². The average molecular weight is 351 g/mol. The Kier molecular flexibility index (Phi) is 7.20. The van der Waals surface area contributed by atoms with Crippen molar-refractivity contribution in [2.75, 3.05) is 26.2 Å². The van der Waals surface area contributed by atoms with Crippen LogP contribution in [0.25, 0.3) is 11.3 Å². The van der Waals surface area contributed by atoms with Crippen LogP contribution >= 0.6 is 0 Å². The molecule has 1 saturated heterocycles. The summed E-state index contributed by atoms with van der Waals surface area (Å²) in [5, 5.41) is 3.04. The molecule has 1 aromatic carbocycles. The first-order chi connectivity index (χ1) is 12.8. The molecule has 4 heteroatoms. The van der Waals surface area contributed by atoms with Crippen LogP contribution in [-0.4, -0.2) is 42.0 Å². The number of likely N-dealkylation sites (tertiary alicyclic amines) is 1. The van der Waals surface area contributed by atoms with Crippen molar-refractivity contribution in [3.05, 3.63) is 54.2 Å². The molecular formula is C22H29N3O. The fourth-order valence-corrected chi connectivity index (χ4v) is 3.45. The van der Waals surface area contributed by atoms with E-state index in [1.165, 1.54) is 38.8 Å². The summed E-state index contributed by atoms with van der Waals surface area (Å²) in [5.41, 5.74) is 2.66. The van der Waals surface area contributed by atoms with Crippen LogP contribution in [0.3, 0.4) is 0 Å². The van der Waals surface area contributed by atoms with E-state index in [9.17, 15) is 4.79 Å². The van der Waals surface area contributed by atoms with Crippen molar-refractivity contribution < 1.29 is 4.79 Å². The van der Waals surface area contributed by atoms with Crippen LogP contribution in [0.4, 0.5) is 0 Å². The van der Waals surface area contributed by atoms with E-state index in [0.717, 1.165) is 37.2 Å². The van der Waals surface area contributed by atoms with Crippen molar-refractivity contribution in [3.63, 3.8) is 0 Å². The molecule has 0 aliphatic carbocycles. The molecule has 0 saturated carbocycles. The Bertz CT molecular complexity index is 662. The van der Waals surface area contributed by atoms with Gasteiger partial charge in [0.2, 0.25) is 0 Å². The highest BCUT2D eigenvalue weighted by molar-refractivity contribution is 5.94. The number of aromatic nitrogens is 1. The molecule has 2 heterocycles. The lowest BCUT2D eigenvalue weighted by Crippen LogP contribution is -2.28. The van der Waals surface area contributed by atoms with E-state index in [0.29, 0.717) is 5.56 Å². The second-order valence-corrected chi connectivity index (χ2v) is 7.01. The van der Waals surface area contributed by atoms with E-state index < -0.39 is 0 Å².